The van der Waals surface area contributed by atoms with E-state index in [2.05, 4.69) is 20.9 Å². The summed E-state index contributed by atoms with van der Waals surface area (Å²) >= 11 is 0. The van der Waals surface area contributed by atoms with Gasteiger partial charge in [0.1, 0.15) is 11.6 Å². The van der Waals surface area contributed by atoms with Gasteiger partial charge < -0.3 is 20.9 Å². The fourth-order valence-corrected chi connectivity index (χ4v) is 2.87. The van der Waals surface area contributed by atoms with Gasteiger partial charge in [0.05, 0.1) is 5.69 Å². The molecule has 3 N–H and O–H groups in total. The average Bonchev–Trinajstić information content (AvgIpc) is 3.07. The molecule has 0 radical (unpaired) electrons. The van der Waals surface area contributed by atoms with E-state index in [1.807, 2.05) is 11.8 Å². The number of benzene rings is 1. The van der Waals surface area contributed by atoms with Crippen LogP contribution in [0.3, 0.4) is 0 Å². The Morgan fingerprint density at radius 3 is 2.74 bits per heavy atom. The summed E-state index contributed by atoms with van der Waals surface area (Å²) in [5.41, 5.74) is 0.409. The van der Waals surface area contributed by atoms with Crippen molar-refractivity contribution in [1.82, 2.24) is 16.0 Å². The minimum absolute atomic E-state index is 0. The molecular weight excluding hydrogens is 467 g/mol. The molecule has 0 bridgehead atoms. The number of carbonyl (C=O) groups is 1. The van der Waals surface area contributed by atoms with Crippen LogP contribution in [0.15, 0.2) is 23.2 Å². The summed E-state index contributed by atoms with van der Waals surface area (Å²) in [5.74, 6) is -0.507. The number of guanidine groups is 1. The summed E-state index contributed by atoms with van der Waals surface area (Å²) in [6, 6.07) is 3.73. The third kappa shape index (κ3) is 7.47. The lowest BCUT2D eigenvalue weighted by Crippen LogP contribution is -2.45. The van der Waals surface area contributed by atoms with Crippen LogP contribution in [0.25, 0.3) is 0 Å². The van der Waals surface area contributed by atoms with Crippen LogP contribution in [0.4, 0.5) is 14.5 Å². The average molecular weight is 495 g/mol. The van der Waals surface area contributed by atoms with Crippen LogP contribution in [0.1, 0.15) is 26.2 Å². The van der Waals surface area contributed by atoms with Gasteiger partial charge in [0, 0.05) is 51.8 Å². The molecule has 1 aliphatic heterocycles. The number of anilines is 1. The molecule has 1 aliphatic rings. The van der Waals surface area contributed by atoms with Gasteiger partial charge in [-0.05, 0) is 25.0 Å². The molecule has 6 nitrogen and oxygen atoms in total. The molecule has 1 atom stereocenters. The van der Waals surface area contributed by atoms with Crippen molar-refractivity contribution >= 4 is 41.5 Å². The zero-order chi connectivity index (χ0) is 18.9. The molecule has 152 valence electrons. The van der Waals surface area contributed by atoms with E-state index in [0.29, 0.717) is 44.2 Å². The van der Waals surface area contributed by atoms with Crippen molar-refractivity contribution in [2.45, 2.75) is 32.2 Å². The summed E-state index contributed by atoms with van der Waals surface area (Å²) in [6.07, 6.45) is 2.10. The Kier molecular flexibility index (Phi) is 10.3. The molecule has 27 heavy (non-hydrogen) atoms. The van der Waals surface area contributed by atoms with Gasteiger partial charge in [0.25, 0.3) is 0 Å². The van der Waals surface area contributed by atoms with E-state index in [1.165, 1.54) is 12.1 Å². The molecule has 1 amide bonds. The van der Waals surface area contributed by atoms with Crippen molar-refractivity contribution in [3.05, 3.63) is 29.8 Å². The van der Waals surface area contributed by atoms with Crippen molar-refractivity contribution in [1.29, 1.82) is 0 Å². The highest BCUT2D eigenvalue weighted by molar-refractivity contribution is 14.0. The zero-order valence-corrected chi connectivity index (χ0v) is 18.1. The van der Waals surface area contributed by atoms with Gasteiger partial charge >= 0.3 is 0 Å². The number of halogens is 3. The van der Waals surface area contributed by atoms with Crippen LogP contribution < -0.4 is 20.9 Å². The summed E-state index contributed by atoms with van der Waals surface area (Å²) < 4.78 is 27.0. The van der Waals surface area contributed by atoms with Crippen molar-refractivity contribution in [2.24, 2.45) is 4.99 Å². The number of hydrogen-bond donors (Lipinski definition) is 3. The predicted molar refractivity (Wildman–Crippen MR) is 115 cm³/mol. The molecule has 0 aromatic heterocycles. The number of rotatable bonds is 7. The van der Waals surface area contributed by atoms with Gasteiger partial charge in [-0.25, -0.2) is 8.78 Å². The second-order valence-corrected chi connectivity index (χ2v) is 6.27. The van der Waals surface area contributed by atoms with Crippen molar-refractivity contribution in [2.75, 3.05) is 38.1 Å². The molecule has 9 heteroatoms. The molecule has 1 unspecified atom stereocenters. The summed E-state index contributed by atoms with van der Waals surface area (Å²) in [5, 5.41) is 9.22. The number of nitrogens with zero attached hydrogens (tertiary/aromatic N) is 2. The van der Waals surface area contributed by atoms with Gasteiger partial charge in [-0.1, -0.05) is 6.92 Å². The van der Waals surface area contributed by atoms with Crippen molar-refractivity contribution < 1.29 is 13.6 Å². The summed E-state index contributed by atoms with van der Waals surface area (Å²) in [4.78, 5) is 17.6. The van der Waals surface area contributed by atoms with Gasteiger partial charge in [0.15, 0.2) is 5.96 Å². The maximum atomic E-state index is 13.9. The van der Waals surface area contributed by atoms with Gasteiger partial charge in [-0.3, -0.25) is 9.79 Å². The normalized spacial score (nSPS) is 16.7. The van der Waals surface area contributed by atoms with Crippen LogP contribution in [0, 0.1) is 11.6 Å². The van der Waals surface area contributed by atoms with E-state index < -0.39 is 11.6 Å². The smallest absolute Gasteiger partial charge is 0.221 e. The first-order valence-corrected chi connectivity index (χ1v) is 8.97. The van der Waals surface area contributed by atoms with Crippen molar-refractivity contribution in [3.8, 4) is 0 Å². The highest BCUT2D eigenvalue weighted by Crippen LogP contribution is 2.24. The van der Waals surface area contributed by atoms with E-state index >= 15 is 0 Å². The Balaban J connectivity index is 0.00000364. The molecule has 0 saturated carbocycles. The minimum Gasteiger partial charge on any atom is -0.367 e. The van der Waals surface area contributed by atoms with Gasteiger partial charge in [-0.2, -0.15) is 0 Å². The largest absolute Gasteiger partial charge is 0.367 e. The lowest BCUT2D eigenvalue weighted by atomic mass is 10.2. The van der Waals surface area contributed by atoms with Crippen LogP contribution in [0.5, 0.6) is 0 Å². The SMILES string of the molecule is CCCNC(=O)CCNC(=NC)NC1CCN(c2ccc(F)cc2F)C1.I. The second-order valence-electron chi connectivity index (χ2n) is 6.27. The molecule has 1 aromatic carbocycles. The van der Waals surface area contributed by atoms with Crippen LogP contribution >= 0.6 is 24.0 Å². The summed E-state index contributed by atoms with van der Waals surface area (Å²) in [6.45, 7) is 4.45. The first-order valence-electron chi connectivity index (χ1n) is 8.97. The van der Waals surface area contributed by atoms with E-state index in [1.54, 1.807) is 7.05 Å². The number of hydrogen-bond acceptors (Lipinski definition) is 3. The highest BCUT2D eigenvalue weighted by atomic mass is 127. The van der Waals surface area contributed by atoms with E-state index in [-0.39, 0.29) is 35.9 Å². The Bertz CT molecular complexity index is 644. The van der Waals surface area contributed by atoms with Crippen LogP contribution in [0.2, 0.25) is 0 Å². The number of nitrogens with one attached hydrogen (secondary N) is 3. The molecule has 0 aliphatic carbocycles. The Morgan fingerprint density at radius 1 is 1.30 bits per heavy atom. The van der Waals surface area contributed by atoms with E-state index in [9.17, 15) is 13.6 Å². The quantitative estimate of drug-likeness (QED) is 0.309. The summed E-state index contributed by atoms with van der Waals surface area (Å²) in [7, 11) is 1.67. The topological polar surface area (TPSA) is 68.8 Å². The molecule has 0 spiro atoms. The van der Waals surface area contributed by atoms with E-state index in [4.69, 9.17) is 0 Å². The molecule has 1 fully saturated rings. The van der Waals surface area contributed by atoms with Gasteiger partial charge in [-0.15, -0.1) is 24.0 Å². The maximum Gasteiger partial charge on any atom is 0.221 e. The monoisotopic (exact) mass is 495 g/mol. The zero-order valence-electron chi connectivity index (χ0n) is 15.7. The third-order valence-electron chi connectivity index (χ3n) is 4.22. The molecule has 1 aromatic rings. The minimum atomic E-state index is -0.576. The Morgan fingerprint density at radius 2 is 2.07 bits per heavy atom. The first-order chi connectivity index (χ1) is 12.5. The standard InChI is InChI=1S/C18H27F2N5O.HI/c1-3-8-22-17(26)6-9-23-18(21-2)24-14-7-10-25(12-14)16-5-4-13(19)11-15(16)20;/h4-5,11,14H,3,6-10,12H2,1-2H3,(H,22,26)(H2,21,23,24);1H. The highest BCUT2D eigenvalue weighted by Gasteiger charge is 2.25. The maximum absolute atomic E-state index is 13.9. The molecule has 1 heterocycles. The lowest BCUT2D eigenvalue weighted by Gasteiger charge is -2.21. The molecular formula is C18H28F2IN5O. The fraction of sp³-hybridized carbons (Fsp3) is 0.556. The van der Waals surface area contributed by atoms with Crippen LogP contribution in [-0.2, 0) is 4.79 Å². The number of amides is 1. The molecule has 1 saturated heterocycles. The predicted octanol–water partition coefficient (Wildman–Crippen LogP) is 2.24. The Hall–Kier alpha value is -1.65. The first kappa shape index (κ1) is 23.4. The lowest BCUT2D eigenvalue weighted by molar-refractivity contribution is -0.120. The fourth-order valence-electron chi connectivity index (χ4n) is 2.87. The van der Waals surface area contributed by atoms with E-state index in [0.717, 1.165) is 18.9 Å². The third-order valence-corrected chi connectivity index (χ3v) is 4.22. The molecule has 2 rings (SSSR count). The second kappa shape index (κ2) is 11.9. The Labute approximate surface area is 176 Å². The van der Waals surface area contributed by atoms with Gasteiger partial charge in [0.2, 0.25) is 5.91 Å². The number of aliphatic imine (C=N–C) groups is 1. The van der Waals surface area contributed by atoms with Crippen molar-refractivity contribution in [3.63, 3.8) is 0 Å². The van der Waals surface area contributed by atoms with Crippen LogP contribution in [-0.4, -0.2) is 51.1 Å². The number of carbonyl (C=O) groups excluding carboxylic acids is 1.